The summed E-state index contributed by atoms with van der Waals surface area (Å²) >= 11 is 5.77. The maximum atomic E-state index is 12.2. The quantitative estimate of drug-likeness (QED) is 0.838. The Kier molecular flexibility index (Phi) is 4.14. The summed E-state index contributed by atoms with van der Waals surface area (Å²) in [6.45, 7) is 2.95. The Balaban J connectivity index is 3.26. The van der Waals surface area contributed by atoms with E-state index < -0.39 is 15.6 Å². The van der Waals surface area contributed by atoms with Gasteiger partial charge in [-0.2, -0.15) is 4.31 Å². The van der Waals surface area contributed by atoms with E-state index in [0.717, 1.165) is 4.31 Å². The van der Waals surface area contributed by atoms with Crippen LogP contribution in [0.3, 0.4) is 0 Å². The standard InChI is InChI=1S/C10H15ClN2O3S/c1-10(2,7-14)13(3)17(15,16)8-5-4-6-12-9(8)11/h4-6,14H,7H2,1-3H3. The number of aromatic nitrogens is 1. The molecule has 0 unspecified atom stereocenters. The number of hydrogen-bond donors (Lipinski definition) is 1. The van der Waals surface area contributed by atoms with Crippen molar-refractivity contribution in [2.24, 2.45) is 0 Å². The van der Waals surface area contributed by atoms with Gasteiger partial charge in [0, 0.05) is 13.2 Å². The summed E-state index contributed by atoms with van der Waals surface area (Å²) in [5.41, 5.74) is -0.905. The normalized spacial score (nSPS) is 13.1. The van der Waals surface area contributed by atoms with Crippen LogP contribution in [0.15, 0.2) is 23.2 Å². The molecule has 17 heavy (non-hydrogen) atoms. The lowest BCUT2D eigenvalue weighted by Gasteiger charge is -2.32. The number of sulfonamides is 1. The summed E-state index contributed by atoms with van der Waals surface area (Å²) in [5.74, 6) is 0. The van der Waals surface area contributed by atoms with E-state index in [0.29, 0.717) is 0 Å². The van der Waals surface area contributed by atoms with Crippen molar-refractivity contribution < 1.29 is 13.5 Å². The molecule has 1 rings (SSSR count). The predicted molar refractivity (Wildman–Crippen MR) is 65.4 cm³/mol. The van der Waals surface area contributed by atoms with E-state index in [2.05, 4.69) is 4.98 Å². The molecule has 0 saturated heterocycles. The van der Waals surface area contributed by atoms with Crippen molar-refractivity contribution in [2.45, 2.75) is 24.3 Å². The van der Waals surface area contributed by atoms with Gasteiger partial charge in [-0.1, -0.05) is 11.6 Å². The molecule has 1 aromatic heterocycles. The van der Waals surface area contributed by atoms with E-state index in [4.69, 9.17) is 11.6 Å². The number of hydrogen-bond acceptors (Lipinski definition) is 4. The van der Waals surface area contributed by atoms with Crippen molar-refractivity contribution in [3.63, 3.8) is 0 Å². The molecule has 1 N–H and O–H groups in total. The lowest BCUT2D eigenvalue weighted by Crippen LogP contribution is -2.47. The molecule has 7 heteroatoms. The second kappa shape index (κ2) is 4.89. The molecule has 0 aliphatic rings. The van der Waals surface area contributed by atoms with Crippen molar-refractivity contribution in [3.05, 3.63) is 23.5 Å². The van der Waals surface area contributed by atoms with Crippen LogP contribution in [0.5, 0.6) is 0 Å². The minimum atomic E-state index is -3.76. The van der Waals surface area contributed by atoms with Crippen LogP contribution in [0.4, 0.5) is 0 Å². The minimum Gasteiger partial charge on any atom is -0.394 e. The number of halogens is 1. The molecular formula is C10H15ClN2O3S. The fraction of sp³-hybridized carbons (Fsp3) is 0.500. The Morgan fingerprint density at radius 1 is 1.53 bits per heavy atom. The van der Waals surface area contributed by atoms with Crippen LogP contribution in [0.1, 0.15) is 13.8 Å². The first-order valence-corrected chi connectivity index (χ1v) is 6.75. The van der Waals surface area contributed by atoms with E-state index >= 15 is 0 Å². The highest BCUT2D eigenvalue weighted by Crippen LogP contribution is 2.26. The summed E-state index contributed by atoms with van der Waals surface area (Å²) in [7, 11) is -2.36. The van der Waals surface area contributed by atoms with Gasteiger partial charge >= 0.3 is 0 Å². The van der Waals surface area contributed by atoms with E-state index in [9.17, 15) is 13.5 Å². The van der Waals surface area contributed by atoms with Gasteiger partial charge in [0.05, 0.1) is 12.1 Å². The van der Waals surface area contributed by atoms with Gasteiger partial charge in [-0.05, 0) is 26.0 Å². The van der Waals surface area contributed by atoms with E-state index in [1.54, 1.807) is 13.8 Å². The highest BCUT2D eigenvalue weighted by molar-refractivity contribution is 7.89. The Hall–Kier alpha value is -0.690. The number of aliphatic hydroxyl groups excluding tert-OH is 1. The lowest BCUT2D eigenvalue weighted by molar-refractivity contribution is 0.138. The molecule has 0 aliphatic carbocycles. The van der Waals surface area contributed by atoms with Gasteiger partial charge in [0.15, 0.2) is 0 Å². The second-order valence-electron chi connectivity index (χ2n) is 4.24. The fourth-order valence-corrected chi connectivity index (χ4v) is 3.07. The zero-order chi connectivity index (χ0) is 13.3. The molecule has 0 spiro atoms. The third-order valence-corrected chi connectivity index (χ3v) is 5.12. The van der Waals surface area contributed by atoms with Gasteiger partial charge in [0.1, 0.15) is 10.0 Å². The monoisotopic (exact) mass is 278 g/mol. The van der Waals surface area contributed by atoms with Crippen molar-refractivity contribution in [3.8, 4) is 0 Å². The summed E-state index contributed by atoms with van der Waals surface area (Å²) in [6, 6.07) is 2.88. The molecule has 0 fully saturated rings. The molecule has 1 heterocycles. The summed E-state index contributed by atoms with van der Waals surface area (Å²) < 4.78 is 25.6. The smallest absolute Gasteiger partial charge is 0.246 e. The molecule has 1 aromatic rings. The van der Waals surface area contributed by atoms with E-state index in [-0.39, 0.29) is 16.7 Å². The van der Waals surface area contributed by atoms with Gasteiger partial charge in [0.25, 0.3) is 0 Å². The van der Waals surface area contributed by atoms with Gasteiger partial charge in [-0.25, -0.2) is 13.4 Å². The first kappa shape index (κ1) is 14.4. The molecule has 5 nitrogen and oxygen atoms in total. The molecule has 96 valence electrons. The Morgan fingerprint density at radius 3 is 2.59 bits per heavy atom. The van der Waals surface area contributed by atoms with Gasteiger partial charge in [-0.3, -0.25) is 0 Å². The highest BCUT2D eigenvalue weighted by atomic mass is 35.5. The van der Waals surface area contributed by atoms with Crippen molar-refractivity contribution in [2.75, 3.05) is 13.7 Å². The lowest BCUT2D eigenvalue weighted by atomic mass is 10.1. The van der Waals surface area contributed by atoms with Gasteiger partial charge in [-0.15, -0.1) is 0 Å². The Bertz CT molecular complexity index is 502. The maximum Gasteiger partial charge on any atom is 0.246 e. The Labute approximate surface area is 106 Å². The average molecular weight is 279 g/mol. The van der Waals surface area contributed by atoms with Crippen molar-refractivity contribution in [1.29, 1.82) is 0 Å². The third-order valence-electron chi connectivity index (χ3n) is 2.60. The van der Waals surface area contributed by atoms with Crippen LogP contribution < -0.4 is 0 Å². The minimum absolute atomic E-state index is 0.0642. The van der Waals surface area contributed by atoms with Crippen molar-refractivity contribution >= 4 is 21.6 Å². The van der Waals surface area contributed by atoms with Crippen LogP contribution in [0.2, 0.25) is 5.15 Å². The molecule has 0 aliphatic heterocycles. The van der Waals surface area contributed by atoms with Crippen LogP contribution in [-0.4, -0.2) is 42.0 Å². The fourth-order valence-electron chi connectivity index (χ4n) is 1.14. The van der Waals surface area contributed by atoms with Gasteiger partial charge < -0.3 is 5.11 Å². The summed E-state index contributed by atoms with van der Waals surface area (Å²) in [4.78, 5) is 3.67. The molecule has 0 aromatic carbocycles. The SMILES string of the molecule is CN(C(C)(C)CO)S(=O)(=O)c1cccnc1Cl. The summed E-state index contributed by atoms with van der Waals surface area (Å²) in [6.07, 6.45) is 1.42. The number of aliphatic hydroxyl groups is 1. The molecule has 0 saturated carbocycles. The number of pyridine rings is 1. The predicted octanol–water partition coefficient (Wildman–Crippen LogP) is 1.13. The zero-order valence-corrected chi connectivity index (χ0v) is 11.5. The van der Waals surface area contributed by atoms with Crippen LogP contribution in [-0.2, 0) is 10.0 Å². The number of nitrogens with zero attached hydrogens (tertiary/aromatic N) is 2. The molecule has 0 radical (unpaired) electrons. The maximum absolute atomic E-state index is 12.2. The van der Waals surface area contributed by atoms with Gasteiger partial charge in [0.2, 0.25) is 10.0 Å². The molecular weight excluding hydrogens is 264 g/mol. The largest absolute Gasteiger partial charge is 0.394 e. The van der Waals surface area contributed by atoms with Crippen LogP contribution >= 0.6 is 11.6 Å². The van der Waals surface area contributed by atoms with E-state index in [1.165, 1.54) is 25.4 Å². The Morgan fingerprint density at radius 2 is 2.12 bits per heavy atom. The molecule has 0 bridgehead atoms. The van der Waals surface area contributed by atoms with Crippen LogP contribution in [0.25, 0.3) is 0 Å². The third kappa shape index (κ3) is 2.77. The average Bonchev–Trinajstić information content (AvgIpc) is 2.28. The first-order chi connectivity index (χ1) is 7.73. The topological polar surface area (TPSA) is 70.5 Å². The van der Waals surface area contributed by atoms with Crippen LogP contribution in [0, 0.1) is 0 Å². The highest BCUT2D eigenvalue weighted by Gasteiger charge is 2.34. The second-order valence-corrected chi connectivity index (χ2v) is 6.53. The number of likely N-dealkylation sites (N-methyl/N-ethyl adjacent to an activating group) is 1. The zero-order valence-electron chi connectivity index (χ0n) is 9.88. The summed E-state index contributed by atoms with van der Waals surface area (Å²) in [5, 5.41) is 9.11. The van der Waals surface area contributed by atoms with Crippen molar-refractivity contribution in [1.82, 2.24) is 9.29 Å². The number of rotatable bonds is 4. The molecule has 0 amide bonds. The molecule has 0 atom stereocenters. The van der Waals surface area contributed by atoms with E-state index in [1.807, 2.05) is 0 Å². The first-order valence-electron chi connectivity index (χ1n) is 4.94.